The highest BCUT2D eigenvalue weighted by molar-refractivity contribution is 7.16. The minimum Gasteiger partial charge on any atom is -0.298 e. The van der Waals surface area contributed by atoms with Crippen LogP contribution in [-0.2, 0) is 0 Å². The maximum Gasteiger partial charge on any atom is 0.380 e. The Balaban J connectivity index is 1.76. The first-order chi connectivity index (χ1) is 18.3. The Morgan fingerprint density at radius 2 is 1.36 bits per heavy atom. The lowest BCUT2D eigenvalue weighted by molar-refractivity contribution is -0.254. The Morgan fingerprint density at radius 3 is 2.00 bits per heavy atom. The molecule has 39 heavy (non-hydrogen) atoms. The van der Waals surface area contributed by atoms with E-state index >= 15 is 17.6 Å². The van der Waals surface area contributed by atoms with E-state index in [1.54, 1.807) is 30.3 Å². The van der Waals surface area contributed by atoms with Crippen molar-refractivity contribution in [2.45, 2.75) is 31.6 Å². The van der Waals surface area contributed by atoms with Gasteiger partial charge in [0.1, 0.15) is 5.01 Å². The number of benzene rings is 2. The van der Waals surface area contributed by atoms with E-state index in [9.17, 15) is 18.4 Å². The molecule has 0 saturated heterocycles. The molecule has 0 fully saturated rings. The highest BCUT2D eigenvalue weighted by atomic mass is 32.1. The number of nitrogens with zero attached hydrogens (tertiary/aromatic N) is 1. The molecular weight excluding hydrogens is 560 g/mol. The highest BCUT2D eigenvalue weighted by Gasteiger charge is 2.80. The third-order valence-electron chi connectivity index (χ3n) is 6.53. The Bertz CT molecular complexity index is 1650. The summed E-state index contributed by atoms with van der Waals surface area (Å²) in [5.74, 6) is -16.1. The van der Waals surface area contributed by atoms with Gasteiger partial charge in [-0.3, -0.25) is 9.59 Å². The number of hydrogen-bond acceptors (Lipinski definition) is 5. The number of alkyl halides is 6. The third-order valence-corrected chi connectivity index (χ3v) is 8.65. The number of aldehydes is 2. The van der Waals surface area contributed by atoms with E-state index in [4.69, 9.17) is 0 Å². The molecule has 0 atom stereocenters. The number of rotatable bonds is 6. The second-order valence-corrected chi connectivity index (χ2v) is 11.4. The zero-order valence-corrected chi connectivity index (χ0v) is 21.8. The molecule has 1 aliphatic carbocycles. The standard InChI is InChI=1S/C28H17F6NO2S2/c1-14-20(11-21(38-14)17-8-9-18(12-36)19(10-17)13-37)22-23(27(31,32)28(33,34)26(22,29)30)24-15(2)39-25(35-24)16-6-4-3-5-7-16/h3-13H,1-2H3. The van der Waals surface area contributed by atoms with Crippen LogP contribution >= 0.6 is 22.7 Å². The fourth-order valence-electron chi connectivity index (χ4n) is 4.54. The highest BCUT2D eigenvalue weighted by Crippen LogP contribution is 2.65. The molecule has 200 valence electrons. The van der Waals surface area contributed by atoms with Gasteiger partial charge in [-0.05, 0) is 37.1 Å². The summed E-state index contributed by atoms with van der Waals surface area (Å²) < 4.78 is 91.1. The maximum atomic E-state index is 15.4. The molecule has 0 spiro atoms. The molecule has 0 N–H and O–H groups in total. The van der Waals surface area contributed by atoms with E-state index < -0.39 is 40.2 Å². The normalized spacial score (nSPS) is 17.4. The molecular formula is C28H17F6NO2S2. The van der Waals surface area contributed by atoms with Gasteiger partial charge in [-0.1, -0.05) is 42.5 Å². The van der Waals surface area contributed by atoms with Crippen LogP contribution < -0.4 is 0 Å². The summed E-state index contributed by atoms with van der Waals surface area (Å²) in [6.45, 7) is 2.73. The van der Waals surface area contributed by atoms with Crippen LogP contribution in [0, 0.1) is 13.8 Å². The Morgan fingerprint density at radius 1 is 0.718 bits per heavy atom. The van der Waals surface area contributed by atoms with Crippen molar-refractivity contribution < 1.29 is 35.9 Å². The van der Waals surface area contributed by atoms with E-state index in [0.717, 1.165) is 28.7 Å². The monoisotopic (exact) mass is 577 g/mol. The molecule has 2 heterocycles. The van der Waals surface area contributed by atoms with Gasteiger partial charge in [-0.25, -0.2) is 4.98 Å². The van der Waals surface area contributed by atoms with Crippen molar-refractivity contribution in [3.63, 3.8) is 0 Å². The lowest BCUT2D eigenvalue weighted by Gasteiger charge is -2.25. The number of thiophene rings is 1. The second-order valence-electron chi connectivity index (χ2n) is 8.92. The summed E-state index contributed by atoms with van der Waals surface area (Å²) >= 11 is 1.85. The van der Waals surface area contributed by atoms with Crippen molar-refractivity contribution in [3.8, 4) is 21.0 Å². The smallest absolute Gasteiger partial charge is 0.298 e. The SMILES string of the molecule is Cc1sc(-c2ccc(C=O)c(C=O)c2)cc1C1=C(c2nc(-c3ccccc3)sc2C)C(F)(F)C(F)(F)C1(F)F. The minimum absolute atomic E-state index is 0.0332. The Labute approximate surface area is 226 Å². The van der Waals surface area contributed by atoms with Gasteiger partial charge in [0.05, 0.1) is 11.3 Å². The van der Waals surface area contributed by atoms with Gasteiger partial charge in [-0.15, -0.1) is 22.7 Å². The Hall–Kier alpha value is -3.57. The molecule has 0 aliphatic heterocycles. The number of allylic oxidation sites excluding steroid dienone is 2. The zero-order chi connectivity index (χ0) is 28.3. The molecule has 0 radical (unpaired) electrons. The average molecular weight is 578 g/mol. The predicted octanol–water partition coefficient (Wildman–Crippen LogP) is 8.61. The van der Waals surface area contributed by atoms with Crippen molar-refractivity contribution in [3.05, 3.63) is 86.7 Å². The van der Waals surface area contributed by atoms with E-state index in [0.29, 0.717) is 23.7 Å². The molecule has 0 unspecified atom stereocenters. The van der Waals surface area contributed by atoms with Crippen LogP contribution in [0.3, 0.4) is 0 Å². The van der Waals surface area contributed by atoms with Crippen LogP contribution in [0.5, 0.6) is 0 Å². The fourth-order valence-corrected chi connectivity index (χ4v) is 6.49. The molecule has 5 rings (SSSR count). The number of hydrogen-bond donors (Lipinski definition) is 0. The molecule has 2 aromatic heterocycles. The third kappa shape index (κ3) is 3.98. The van der Waals surface area contributed by atoms with Crippen LogP contribution in [-0.4, -0.2) is 35.3 Å². The number of aryl methyl sites for hydroxylation is 2. The van der Waals surface area contributed by atoms with Crippen molar-refractivity contribution in [1.82, 2.24) is 4.98 Å². The first-order valence-corrected chi connectivity index (χ1v) is 13.1. The summed E-state index contributed by atoms with van der Waals surface area (Å²) in [4.78, 5) is 27.1. The number of thiazole rings is 1. The topological polar surface area (TPSA) is 47.0 Å². The van der Waals surface area contributed by atoms with Gasteiger partial charge in [0.15, 0.2) is 12.6 Å². The molecule has 11 heteroatoms. The molecule has 3 nitrogen and oxygen atoms in total. The summed E-state index contributed by atoms with van der Waals surface area (Å²) in [6.07, 6.45) is 0.912. The summed E-state index contributed by atoms with van der Waals surface area (Å²) in [5, 5.41) is 0.226. The van der Waals surface area contributed by atoms with Crippen molar-refractivity contribution >= 4 is 46.4 Å². The van der Waals surface area contributed by atoms with Gasteiger partial charge in [0.25, 0.3) is 0 Å². The second kappa shape index (κ2) is 9.27. The number of carbonyl (C=O) groups excluding carboxylic acids is 2. The quantitative estimate of drug-likeness (QED) is 0.170. The molecule has 2 aromatic carbocycles. The van der Waals surface area contributed by atoms with Gasteiger partial charge in [0.2, 0.25) is 0 Å². The lowest BCUT2D eigenvalue weighted by atomic mass is 9.96. The first kappa shape index (κ1) is 27.0. The first-order valence-electron chi connectivity index (χ1n) is 11.4. The summed E-state index contributed by atoms with van der Waals surface area (Å²) in [6, 6.07) is 13.6. The van der Waals surface area contributed by atoms with E-state index in [1.165, 1.54) is 32.0 Å². The lowest BCUT2D eigenvalue weighted by Crippen LogP contribution is -2.49. The molecule has 0 saturated carbocycles. The van der Waals surface area contributed by atoms with E-state index in [2.05, 4.69) is 4.98 Å². The van der Waals surface area contributed by atoms with Crippen LogP contribution in [0.15, 0.2) is 54.6 Å². The average Bonchev–Trinajstić information content (AvgIpc) is 3.51. The van der Waals surface area contributed by atoms with E-state index in [1.807, 2.05) is 0 Å². The molecule has 0 amide bonds. The predicted molar refractivity (Wildman–Crippen MR) is 139 cm³/mol. The Kier molecular flexibility index (Phi) is 6.42. The van der Waals surface area contributed by atoms with Crippen LogP contribution in [0.2, 0.25) is 0 Å². The minimum atomic E-state index is -5.71. The van der Waals surface area contributed by atoms with Crippen molar-refractivity contribution in [1.29, 1.82) is 0 Å². The van der Waals surface area contributed by atoms with Gasteiger partial charge in [0, 0.05) is 36.9 Å². The van der Waals surface area contributed by atoms with E-state index in [-0.39, 0.29) is 30.8 Å². The molecule has 1 aliphatic rings. The number of halogens is 6. The van der Waals surface area contributed by atoms with Gasteiger partial charge in [-0.2, -0.15) is 26.3 Å². The van der Waals surface area contributed by atoms with Crippen LogP contribution in [0.1, 0.15) is 41.7 Å². The molecule has 0 bridgehead atoms. The molecule has 4 aromatic rings. The largest absolute Gasteiger partial charge is 0.380 e. The van der Waals surface area contributed by atoms with Crippen LogP contribution in [0.4, 0.5) is 26.3 Å². The van der Waals surface area contributed by atoms with Gasteiger partial charge < -0.3 is 0 Å². The number of aromatic nitrogens is 1. The number of carbonyl (C=O) groups is 2. The van der Waals surface area contributed by atoms with Crippen LogP contribution in [0.25, 0.3) is 32.2 Å². The zero-order valence-electron chi connectivity index (χ0n) is 20.2. The fraction of sp³-hybridized carbons (Fsp3) is 0.179. The summed E-state index contributed by atoms with van der Waals surface area (Å²) in [7, 11) is 0. The van der Waals surface area contributed by atoms with Crippen molar-refractivity contribution in [2.24, 2.45) is 0 Å². The van der Waals surface area contributed by atoms with Crippen molar-refractivity contribution in [2.75, 3.05) is 0 Å². The van der Waals surface area contributed by atoms with Gasteiger partial charge >= 0.3 is 17.8 Å². The maximum absolute atomic E-state index is 15.4. The summed E-state index contributed by atoms with van der Waals surface area (Å²) in [5.41, 5.74) is -3.07.